The Hall–Kier alpha value is -1.62. The molecule has 86 valence electrons. The van der Waals surface area contributed by atoms with Gasteiger partial charge in [0.05, 0.1) is 19.0 Å². The van der Waals surface area contributed by atoms with Crippen LogP contribution in [0.1, 0.15) is 12.0 Å². The van der Waals surface area contributed by atoms with Crippen molar-refractivity contribution in [1.29, 1.82) is 0 Å². The Bertz CT molecular complexity index is 420. The van der Waals surface area contributed by atoms with Crippen molar-refractivity contribution < 1.29 is 9.53 Å². The second-order valence-corrected chi connectivity index (χ2v) is 3.98. The molecule has 0 radical (unpaired) electrons. The molecular formula is C11H15N3O2. The summed E-state index contributed by atoms with van der Waals surface area (Å²) in [5.74, 6) is 0.611. The van der Waals surface area contributed by atoms with Gasteiger partial charge >= 0.3 is 0 Å². The standard InChI is InChI=1S/C11H15N3O2/c1-7-3-10(16-2)13-5-9(7)14-6-8(12)4-11(14)15/h3,5,8H,4,6,12H2,1-2H3. The van der Waals surface area contributed by atoms with Gasteiger partial charge in [-0.05, 0) is 12.5 Å². The van der Waals surface area contributed by atoms with E-state index in [1.807, 2.05) is 13.0 Å². The maximum atomic E-state index is 11.7. The highest BCUT2D eigenvalue weighted by atomic mass is 16.5. The van der Waals surface area contributed by atoms with Crippen LogP contribution in [0.5, 0.6) is 5.88 Å². The molecule has 0 aromatic carbocycles. The molecule has 1 unspecified atom stereocenters. The van der Waals surface area contributed by atoms with Crippen LogP contribution < -0.4 is 15.4 Å². The molecule has 2 N–H and O–H groups in total. The smallest absolute Gasteiger partial charge is 0.228 e. The molecule has 5 nitrogen and oxygen atoms in total. The van der Waals surface area contributed by atoms with Crippen molar-refractivity contribution in [3.8, 4) is 5.88 Å². The molecule has 16 heavy (non-hydrogen) atoms. The lowest BCUT2D eigenvalue weighted by Gasteiger charge is -2.18. The van der Waals surface area contributed by atoms with E-state index in [2.05, 4.69) is 4.98 Å². The zero-order valence-electron chi connectivity index (χ0n) is 9.43. The second kappa shape index (κ2) is 4.09. The van der Waals surface area contributed by atoms with E-state index in [0.29, 0.717) is 18.8 Å². The molecule has 1 aromatic rings. The summed E-state index contributed by atoms with van der Waals surface area (Å²) in [5.41, 5.74) is 7.54. The van der Waals surface area contributed by atoms with E-state index in [4.69, 9.17) is 10.5 Å². The monoisotopic (exact) mass is 221 g/mol. The van der Waals surface area contributed by atoms with Gasteiger partial charge in [-0.15, -0.1) is 0 Å². The number of amides is 1. The van der Waals surface area contributed by atoms with E-state index in [0.717, 1.165) is 11.3 Å². The first-order chi connectivity index (χ1) is 7.61. The Morgan fingerprint density at radius 1 is 1.62 bits per heavy atom. The molecule has 1 amide bonds. The summed E-state index contributed by atoms with van der Waals surface area (Å²) in [6, 6.07) is 1.74. The highest BCUT2D eigenvalue weighted by Gasteiger charge is 2.29. The normalized spacial score (nSPS) is 20.3. The van der Waals surface area contributed by atoms with E-state index in [1.165, 1.54) is 0 Å². The molecule has 1 aliphatic rings. The molecular weight excluding hydrogens is 206 g/mol. The summed E-state index contributed by atoms with van der Waals surface area (Å²) in [4.78, 5) is 17.5. The Balaban J connectivity index is 2.30. The summed E-state index contributed by atoms with van der Waals surface area (Å²) >= 11 is 0. The Labute approximate surface area is 94.2 Å². The number of carbonyl (C=O) groups excluding carboxylic acids is 1. The van der Waals surface area contributed by atoms with Crippen molar-refractivity contribution in [2.24, 2.45) is 5.73 Å². The number of hydrogen-bond acceptors (Lipinski definition) is 4. The van der Waals surface area contributed by atoms with Gasteiger partial charge in [0.15, 0.2) is 0 Å². The predicted molar refractivity (Wildman–Crippen MR) is 60.5 cm³/mol. The van der Waals surface area contributed by atoms with Gasteiger partial charge < -0.3 is 15.4 Å². The summed E-state index contributed by atoms with van der Waals surface area (Å²) in [6.07, 6.45) is 2.07. The van der Waals surface area contributed by atoms with Crippen LogP contribution in [-0.2, 0) is 4.79 Å². The number of carbonyl (C=O) groups is 1. The van der Waals surface area contributed by atoms with Crippen molar-refractivity contribution in [2.45, 2.75) is 19.4 Å². The molecule has 2 rings (SSSR count). The molecule has 5 heteroatoms. The maximum Gasteiger partial charge on any atom is 0.228 e. The van der Waals surface area contributed by atoms with E-state index < -0.39 is 0 Å². The fraction of sp³-hybridized carbons (Fsp3) is 0.455. The van der Waals surface area contributed by atoms with Gasteiger partial charge in [0, 0.05) is 25.1 Å². The van der Waals surface area contributed by atoms with Crippen molar-refractivity contribution in [3.63, 3.8) is 0 Å². The molecule has 2 heterocycles. The zero-order valence-corrected chi connectivity index (χ0v) is 9.43. The average molecular weight is 221 g/mol. The highest BCUT2D eigenvalue weighted by molar-refractivity contribution is 5.96. The summed E-state index contributed by atoms with van der Waals surface area (Å²) in [6.45, 7) is 2.49. The van der Waals surface area contributed by atoms with E-state index >= 15 is 0 Å². The number of ether oxygens (including phenoxy) is 1. The number of nitrogens with two attached hydrogens (primary N) is 1. The highest BCUT2D eigenvalue weighted by Crippen LogP contribution is 2.25. The topological polar surface area (TPSA) is 68.5 Å². The van der Waals surface area contributed by atoms with Crippen LogP contribution in [0.3, 0.4) is 0 Å². The minimum absolute atomic E-state index is 0.0579. The predicted octanol–water partition coefficient (Wildman–Crippen LogP) is 0.463. The maximum absolute atomic E-state index is 11.7. The van der Waals surface area contributed by atoms with E-state index in [-0.39, 0.29) is 11.9 Å². The SMILES string of the molecule is COc1cc(C)c(N2CC(N)CC2=O)cn1. The molecule has 1 saturated heterocycles. The second-order valence-electron chi connectivity index (χ2n) is 3.98. The Morgan fingerprint density at radius 3 is 2.88 bits per heavy atom. The average Bonchev–Trinajstić information content (AvgIpc) is 2.57. The summed E-state index contributed by atoms with van der Waals surface area (Å²) in [5, 5.41) is 0. The van der Waals surface area contributed by atoms with Crippen LogP contribution in [0.25, 0.3) is 0 Å². The molecule has 0 bridgehead atoms. The number of anilines is 1. The van der Waals surface area contributed by atoms with E-state index in [1.54, 1.807) is 18.2 Å². The summed E-state index contributed by atoms with van der Waals surface area (Å²) in [7, 11) is 1.57. The first-order valence-electron chi connectivity index (χ1n) is 5.18. The van der Waals surface area contributed by atoms with Crippen LogP contribution in [0.4, 0.5) is 5.69 Å². The number of hydrogen-bond donors (Lipinski definition) is 1. The number of rotatable bonds is 2. The van der Waals surface area contributed by atoms with Crippen LogP contribution in [0.15, 0.2) is 12.3 Å². The quantitative estimate of drug-likeness (QED) is 0.788. The van der Waals surface area contributed by atoms with Gasteiger partial charge in [-0.1, -0.05) is 0 Å². The van der Waals surface area contributed by atoms with Gasteiger partial charge in [0.1, 0.15) is 0 Å². The van der Waals surface area contributed by atoms with Gasteiger partial charge in [-0.2, -0.15) is 0 Å². The number of methoxy groups -OCH3 is 1. The van der Waals surface area contributed by atoms with Crippen molar-refractivity contribution in [1.82, 2.24) is 4.98 Å². The van der Waals surface area contributed by atoms with Crippen molar-refractivity contribution >= 4 is 11.6 Å². The van der Waals surface area contributed by atoms with E-state index in [9.17, 15) is 4.79 Å². The third kappa shape index (κ3) is 1.86. The third-order valence-electron chi connectivity index (χ3n) is 2.71. The molecule has 0 saturated carbocycles. The van der Waals surface area contributed by atoms with Crippen LogP contribution >= 0.6 is 0 Å². The molecule has 0 spiro atoms. The molecule has 1 atom stereocenters. The minimum atomic E-state index is -0.0750. The fourth-order valence-corrected chi connectivity index (χ4v) is 1.89. The van der Waals surface area contributed by atoms with Crippen LogP contribution in [-0.4, -0.2) is 30.6 Å². The molecule has 1 aromatic heterocycles. The lowest BCUT2D eigenvalue weighted by atomic mass is 10.2. The number of nitrogens with zero attached hydrogens (tertiary/aromatic N) is 2. The van der Waals surface area contributed by atoms with Crippen molar-refractivity contribution in [2.75, 3.05) is 18.6 Å². The van der Waals surface area contributed by atoms with Crippen LogP contribution in [0, 0.1) is 6.92 Å². The first kappa shape index (κ1) is 10.9. The van der Waals surface area contributed by atoms with Gasteiger partial charge in [0.2, 0.25) is 11.8 Å². The van der Waals surface area contributed by atoms with Gasteiger partial charge in [0.25, 0.3) is 0 Å². The zero-order chi connectivity index (χ0) is 11.7. The van der Waals surface area contributed by atoms with Gasteiger partial charge in [-0.3, -0.25) is 4.79 Å². The Kier molecular flexibility index (Phi) is 2.78. The lowest BCUT2D eigenvalue weighted by Crippen LogP contribution is -2.28. The minimum Gasteiger partial charge on any atom is -0.481 e. The molecule has 0 aliphatic carbocycles. The number of aryl methyl sites for hydroxylation is 1. The molecule has 1 aliphatic heterocycles. The first-order valence-corrected chi connectivity index (χ1v) is 5.18. The van der Waals surface area contributed by atoms with Gasteiger partial charge in [-0.25, -0.2) is 4.98 Å². The lowest BCUT2D eigenvalue weighted by molar-refractivity contribution is -0.117. The number of pyridine rings is 1. The van der Waals surface area contributed by atoms with Crippen LogP contribution in [0.2, 0.25) is 0 Å². The largest absolute Gasteiger partial charge is 0.481 e. The third-order valence-corrected chi connectivity index (χ3v) is 2.71. The Morgan fingerprint density at radius 2 is 2.38 bits per heavy atom. The molecule has 1 fully saturated rings. The van der Waals surface area contributed by atoms with Crippen molar-refractivity contribution in [3.05, 3.63) is 17.8 Å². The fourth-order valence-electron chi connectivity index (χ4n) is 1.89. The number of aromatic nitrogens is 1. The summed E-state index contributed by atoms with van der Waals surface area (Å²) < 4.78 is 5.02.